The van der Waals surface area contributed by atoms with Crippen LogP contribution in [0.15, 0.2) is 16.7 Å². The van der Waals surface area contributed by atoms with Gasteiger partial charge < -0.3 is 10.1 Å². The topological polar surface area (TPSA) is 48.9 Å². The van der Waals surface area contributed by atoms with Gasteiger partial charge in [-0.1, -0.05) is 0 Å². The number of fused-ring (bicyclic) bond motifs is 1. The quantitative estimate of drug-likeness (QED) is 0.725. The van der Waals surface area contributed by atoms with E-state index in [1.165, 1.54) is 6.20 Å². The second-order valence-corrected chi connectivity index (χ2v) is 3.47. The summed E-state index contributed by atoms with van der Waals surface area (Å²) in [6.45, 7) is 1.95. The van der Waals surface area contributed by atoms with Crippen molar-refractivity contribution in [2.75, 3.05) is 0 Å². The monoisotopic (exact) mass is 226 g/mol. The molecule has 0 saturated carbocycles. The van der Waals surface area contributed by atoms with E-state index in [1.807, 2.05) is 13.0 Å². The third-order valence-electron chi connectivity index (χ3n) is 1.71. The van der Waals surface area contributed by atoms with Crippen LogP contribution >= 0.6 is 15.9 Å². The zero-order valence-corrected chi connectivity index (χ0v) is 8.01. The van der Waals surface area contributed by atoms with Crippen molar-refractivity contribution in [2.24, 2.45) is 0 Å². The highest BCUT2D eigenvalue weighted by molar-refractivity contribution is 9.10. The van der Waals surface area contributed by atoms with E-state index in [1.54, 1.807) is 0 Å². The lowest BCUT2D eigenvalue weighted by atomic mass is 10.3. The van der Waals surface area contributed by atoms with E-state index in [2.05, 4.69) is 25.9 Å². The maximum absolute atomic E-state index is 9.30. The Hall–Kier alpha value is -1.03. The van der Waals surface area contributed by atoms with E-state index >= 15 is 0 Å². The fraction of sp³-hybridized carbons (Fsp3) is 0.125. The Morgan fingerprint density at radius 1 is 1.58 bits per heavy atom. The summed E-state index contributed by atoms with van der Waals surface area (Å²) in [6.07, 6.45) is 1.42. The van der Waals surface area contributed by atoms with Crippen LogP contribution in [-0.4, -0.2) is 15.1 Å². The maximum Gasteiger partial charge on any atom is 0.148 e. The number of hydrogen-bond donors (Lipinski definition) is 2. The number of aryl methyl sites for hydroxylation is 1. The third-order valence-corrected chi connectivity index (χ3v) is 2.54. The summed E-state index contributed by atoms with van der Waals surface area (Å²) >= 11 is 3.28. The molecular weight excluding hydrogens is 220 g/mol. The summed E-state index contributed by atoms with van der Waals surface area (Å²) in [7, 11) is 0. The van der Waals surface area contributed by atoms with Crippen LogP contribution in [0.3, 0.4) is 0 Å². The van der Waals surface area contributed by atoms with Crippen molar-refractivity contribution in [3.63, 3.8) is 0 Å². The zero-order valence-electron chi connectivity index (χ0n) is 6.43. The van der Waals surface area contributed by atoms with Gasteiger partial charge in [-0.25, -0.2) is 4.98 Å². The SMILES string of the molecule is Cc1cc2c(Br)c(O)cnc2[nH]1. The van der Waals surface area contributed by atoms with Gasteiger partial charge in [0.2, 0.25) is 0 Å². The highest BCUT2D eigenvalue weighted by Crippen LogP contribution is 2.30. The molecule has 2 rings (SSSR count). The fourth-order valence-electron chi connectivity index (χ4n) is 1.16. The lowest BCUT2D eigenvalue weighted by Gasteiger charge is -1.95. The number of rotatable bonds is 0. The van der Waals surface area contributed by atoms with Crippen LogP contribution in [0.5, 0.6) is 5.75 Å². The van der Waals surface area contributed by atoms with Gasteiger partial charge in [-0.15, -0.1) is 0 Å². The normalized spacial score (nSPS) is 10.8. The van der Waals surface area contributed by atoms with Gasteiger partial charge in [0, 0.05) is 11.1 Å². The number of aromatic nitrogens is 2. The summed E-state index contributed by atoms with van der Waals surface area (Å²) in [6, 6.07) is 1.94. The number of H-pyrrole nitrogens is 1. The van der Waals surface area contributed by atoms with E-state index in [0.29, 0.717) is 4.47 Å². The molecule has 0 bridgehead atoms. The number of aromatic hydroxyl groups is 1. The second kappa shape index (κ2) is 2.48. The maximum atomic E-state index is 9.30. The third kappa shape index (κ3) is 0.992. The molecule has 2 heterocycles. The minimum atomic E-state index is 0.168. The summed E-state index contributed by atoms with van der Waals surface area (Å²) in [5.74, 6) is 0.168. The highest BCUT2D eigenvalue weighted by Gasteiger charge is 2.06. The van der Waals surface area contributed by atoms with Crippen molar-refractivity contribution >= 4 is 27.0 Å². The number of nitrogens with one attached hydrogen (secondary N) is 1. The zero-order chi connectivity index (χ0) is 8.72. The molecule has 2 aromatic heterocycles. The Labute approximate surface area is 77.6 Å². The van der Waals surface area contributed by atoms with Crippen LogP contribution in [0, 0.1) is 6.92 Å². The molecule has 0 radical (unpaired) electrons. The number of hydrogen-bond acceptors (Lipinski definition) is 2. The van der Waals surface area contributed by atoms with Crippen LogP contribution in [0.25, 0.3) is 11.0 Å². The number of halogens is 1. The number of pyridine rings is 1. The summed E-state index contributed by atoms with van der Waals surface area (Å²) in [5.41, 5.74) is 1.82. The predicted molar refractivity (Wildman–Crippen MR) is 50.2 cm³/mol. The Morgan fingerprint density at radius 3 is 3.08 bits per heavy atom. The first-order chi connectivity index (χ1) is 5.68. The molecule has 2 N–H and O–H groups in total. The van der Waals surface area contributed by atoms with E-state index in [9.17, 15) is 5.11 Å². The van der Waals surface area contributed by atoms with E-state index < -0.39 is 0 Å². The second-order valence-electron chi connectivity index (χ2n) is 2.67. The van der Waals surface area contributed by atoms with Gasteiger partial charge in [0.1, 0.15) is 11.4 Å². The van der Waals surface area contributed by atoms with Gasteiger partial charge >= 0.3 is 0 Å². The Balaban J connectivity index is 2.89. The molecule has 0 amide bonds. The molecule has 0 aliphatic carbocycles. The average Bonchev–Trinajstić information content (AvgIpc) is 2.39. The van der Waals surface area contributed by atoms with Crippen molar-refractivity contribution in [3.05, 3.63) is 22.4 Å². The molecule has 0 spiro atoms. The molecule has 0 atom stereocenters. The summed E-state index contributed by atoms with van der Waals surface area (Å²) in [4.78, 5) is 7.10. The van der Waals surface area contributed by atoms with Crippen LogP contribution in [0.2, 0.25) is 0 Å². The fourth-order valence-corrected chi connectivity index (χ4v) is 1.57. The number of nitrogens with zero attached hydrogens (tertiary/aromatic N) is 1. The molecule has 0 aromatic carbocycles. The lowest BCUT2D eigenvalue weighted by Crippen LogP contribution is -1.77. The Bertz CT molecular complexity index is 436. The molecule has 3 nitrogen and oxygen atoms in total. The molecule has 0 saturated heterocycles. The smallest absolute Gasteiger partial charge is 0.148 e. The van der Waals surface area contributed by atoms with E-state index in [-0.39, 0.29) is 5.75 Å². The van der Waals surface area contributed by atoms with E-state index in [4.69, 9.17) is 0 Å². The highest BCUT2D eigenvalue weighted by atomic mass is 79.9. The molecule has 4 heteroatoms. The van der Waals surface area contributed by atoms with E-state index in [0.717, 1.165) is 16.7 Å². The largest absolute Gasteiger partial charge is 0.505 e. The van der Waals surface area contributed by atoms with Crippen molar-refractivity contribution in [3.8, 4) is 5.75 Å². The van der Waals surface area contributed by atoms with Crippen molar-refractivity contribution < 1.29 is 5.11 Å². The number of aromatic amines is 1. The minimum absolute atomic E-state index is 0.168. The molecule has 0 unspecified atom stereocenters. The average molecular weight is 227 g/mol. The molecular formula is C8H7BrN2O. The van der Waals surface area contributed by atoms with Crippen LogP contribution in [0.1, 0.15) is 5.69 Å². The van der Waals surface area contributed by atoms with Gasteiger partial charge in [-0.2, -0.15) is 0 Å². The Kier molecular flexibility index (Phi) is 1.58. The molecule has 0 aliphatic heterocycles. The summed E-state index contributed by atoms with van der Waals surface area (Å²) < 4.78 is 0.692. The first kappa shape index (κ1) is 7.61. The Morgan fingerprint density at radius 2 is 2.33 bits per heavy atom. The standard InChI is InChI=1S/C8H7BrN2O/c1-4-2-5-7(9)6(12)3-10-8(5)11-4/h2-3,12H,1H3,(H,10,11). The van der Waals surface area contributed by atoms with Crippen molar-refractivity contribution in [2.45, 2.75) is 6.92 Å². The molecule has 12 heavy (non-hydrogen) atoms. The van der Waals surface area contributed by atoms with Crippen molar-refractivity contribution in [1.82, 2.24) is 9.97 Å². The van der Waals surface area contributed by atoms with Gasteiger partial charge in [-0.05, 0) is 28.9 Å². The van der Waals surface area contributed by atoms with Gasteiger partial charge in [-0.3, -0.25) is 0 Å². The van der Waals surface area contributed by atoms with Crippen molar-refractivity contribution in [1.29, 1.82) is 0 Å². The van der Waals surface area contributed by atoms with Crippen LogP contribution in [0.4, 0.5) is 0 Å². The summed E-state index contributed by atoms with van der Waals surface area (Å²) in [5, 5.41) is 10.2. The molecule has 0 aliphatic rings. The lowest BCUT2D eigenvalue weighted by molar-refractivity contribution is 0.470. The first-order valence-electron chi connectivity index (χ1n) is 3.51. The molecule has 62 valence electrons. The molecule has 0 fully saturated rings. The van der Waals surface area contributed by atoms with Gasteiger partial charge in [0.25, 0.3) is 0 Å². The predicted octanol–water partition coefficient (Wildman–Crippen LogP) is 2.34. The van der Waals surface area contributed by atoms with Gasteiger partial charge in [0.15, 0.2) is 0 Å². The van der Waals surface area contributed by atoms with Crippen LogP contribution in [-0.2, 0) is 0 Å². The minimum Gasteiger partial charge on any atom is -0.505 e. The first-order valence-corrected chi connectivity index (χ1v) is 4.30. The molecule has 2 aromatic rings. The van der Waals surface area contributed by atoms with Gasteiger partial charge in [0.05, 0.1) is 10.7 Å². The van der Waals surface area contributed by atoms with Crippen LogP contribution < -0.4 is 0 Å².